The van der Waals surface area contributed by atoms with Gasteiger partial charge >= 0.3 is 0 Å². The van der Waals surface area contributed by atoms with Crippen LogP contribution in [0.4, 0.5) is 0 Å². The van der Waals surface area contributed by atoms with Crippen LogP contribution in [0.15, 0.2) is 24.3 Å². The Morgan fingerprint density at radius 1 is 1.39 bits per heavy atom. The fourth-order valence-corrected chi connectivity index (χ4v) is 1.53. The van der Waals surface area contributed by atoms with E-state index in [-0.39, 0.29) is 5.91 Å². The first-order valence-corrected chi connectivity index (χ1v) is 5.96. The summed E-state index contributed by atoms with van der Waals surface area (Å²) < 4.78 is 0. The Hall–Kier alpha value is -1.88. The van der Waals surface area contributed by atoms with Crippen molar-refractivity contribution in [2.24, 2.45) is 11.5 Å². The number of benzene rings is 1. The second kappa shape index (κ2) is 6.76. The number of hydrogen-bond donors (Lipinski definition) is 3. The van der Waals surface area contributed by atoms with Crippen molar-refractivity contribution < 1.29 is 9.59 Å². The highest BCUT2D eigenvalue weighted by Gasteiger charge is 2.09. The number of rotatable bonds is 6. The standard InChI is InChI=1S/C13H19N3O2/c1-2-11(14)13(18)16-7-6-9-4-3-5-10(8-9)12(15)17/h3-5,8,11H,2,6-7,14H2,1H3,(H2,15,17)(H,16,18)/t11-/m0/s1. The summed E-state index contributed by atoms with van der Waals surface area (Å²) in [6, 6.07) is 6.60. The topological polar surface area (TPSA) is 98.2 Å². The van der Waals surface area contributed by atoms with Gasteiger partial charge in [-0.1, -0.05) is 19.1 Å². The van der Waals surface area contributed by atoms with Crippen molar-refractivity contribution in [2.75, 3.05) is 6.54 Å². The summed E-state index contributed by atoms with van der Waals surface area (Å²) in [7, 11) is 0. The van der Waals surface area contributed by atoms with Gasteiger partial charge in [0.05, 0.1) is 6.04 Å². The molecule has 0 saturated carbocycles. The number of nitrogens with two attached hydrogens (primary N) is 2. The van der Waals surface area contributed by atoms with Crippen molar-refractivity contribution in [1.82, 2.24) is 5.32 Å². The quantitative estimate of drug-likeness (QED) is 0.670. The first kappa shape index (κ1) is 14.2. The van der Waals surface area contributed by atoms with Crippen LogP contribution in [0.5, 0.6) is 0 Å². The average Bonchev–Trinajstić information content (AvgIpc) is 2.38. The molecule has 1 aromatic carbocycles. The van der Waals surface area contributed by atoms with Gasteiger partial charge in [0.25, 0.3) is 0 Å². The summed E-state index contributed by atoms with van der Waals surface area (Å²) in [5.74, 6) is -0.600. The Morgan fingerprint density at radius 2 is 2.11 bits per heavy atom. The van der Waals surface area contributed by atoms with E-state index < -0.39 is 11.9 Å². The van der Waals surface area contributed by atoms with Gasteiger partial charge in [0.1, 0.15) is 0 Å². The van der Waals surface area contributed by atoms with Gasteiger partial charge in [0, 0.05) is 12.1 Å². The van der Waals surface area contributed by atoms with Crippen molar-refractivity contribution in [3.63, 3.8) is 0 Å². The van der Waals surface area contributed by atoms with Gasteiger partial charge in [-0.25, -0.2) is 0 Å². The minimum atomic E-state index is -0.457. The monoisotopic (exact) mass is 249 g/mol. The van der Waals surface area contributed by atoms with Gasteiger partial charge in [-0.15, -0.1) is 0 Å². The minimum Gasteiger partial charge on any atom is -0.366 e. The number of nitrogens with one attached hydrogen (secondary N) is 1. The smallest absolute Gasteiger partial charge is 0.248 e. The van der Waals surface area contributed by atoms with E-state index in [0.717, 1.165) is 5.56 Å². The second-order valence-corrected chi connectivity index (χ2v) is 4.12. The number of primary amides is 1. The molecule has 5 nitrogen and oxygen atoms in total. The molecule has 0 fully saturated rings. The molecule has 1 aromatic rings. The third-order valence-electron chi connectivity index (χ3n) is 2.70. The Morgan fingerprint density at radius 3 is 2.72 bits per heavy atom. The van der Waals surface area contributed by atoms with Crippen LogP contribution in [-0.4, -0.2) is 24.4 Å². The first-order valence-electron chi connectivity index (χ1n) is 5.96. The number of amides is 2. The van der Waals surface area contributed by atoms with Gasteiger partial charge in [-0.3, -0.25) is 9.59 Å². The Kier molecular flexibility index (Phi) is 5.32. The average molecular weight is 249 g/mol. The lowest BCUT2D eigenvalue weighted by molar-refractivity contribution is -0.122. The lowest BCUT2D eigenvalue weighted by Gasteiger charge is -2.10. The van der Waals surface area contributed by atoms with Crippen LogP contribution in [0.25, 0.3) is 0 Å². The van der Waals surface area contributed by atoms with Gasteiger partial charge < -0.3 is 16.8 Å². The SMILES string of the molecule is CC[C@H](N)C(=O)NCCc1cccc(C(N)=O)c1. The van der Waals surface area contributed by atoms with Crippen LogP contribution in [-0.2, 0) is 11.2 Å². The number of carbonyl (C=O) groups excluding carboxylic acids is 2. The predicted octanol–water partition coefficient (Wildman–Crippen LogP) is 0.182. The van der Waals surface area contributed by atoms with Gasteiger partial charge in [0.2, 0.25) is 11.8 Å². The zero-order valence-corrected chi connectivity index (χ0v) is 10.5. The highest BCUT2D eigenvalue weighted by Crippen LogP contribution is 2.05. The van der Waals surface area contributed by atoms with E-state index >= 15 is 0 Å². The molecule has 0 aromatic heterocycles. The van der Waals surface area contributed by atoms with Crippen LogP contribution < -0.4 is 16.8 Å². The van der Waals surface area contributed by atoms with Crippen LogP contribution in [0.2, 0.25) is 0 Å². The van der Waals surface area contributed by atoms with E-state index in [1.807, 2.05) is 13.0 Å². The molecule has 0 heterocycles. The molecule has 0 aliphatic rings. The molecule has 0 spiro atoms. The Balaban J connectivity index is 2.47. The van der Waals surface area contributed by atoms with Crippen molar-refractivity contribution in [3.05, 3.63) is 35.4 Å². The van der Waals surface area contributed by atoms with E-state index in [4.69, 9.17) is 11.5 Å². The molecule has 18 heavy (non-hydrogen) atoms. The fourth-order valence-electron chi connectivity index (χ4n) is 1.53. The highest BCUT2D eigenvalue weighted by atomic mass is 16.2. The molecule has 0 unspecified atom stereocenters. The van der Waals surface area contributed by atoms with E-state index in [1.165, 1.54) is 0 Å². The molecule has 5 N–H and O–H groups in total. The maximum atomic E-state index is 11.4. The largest absolute Gasteiger partial charge is 0.366 e. The second-order valence-electron chi connectivity index (χ2n) is 4.12. The lowest BCUT2D eigenvalue weighted by Crippen LogP contribution is -2.40. The molecule has 2 amide bonds. The Bertz CT molecular complexity index is 432. The lowest BCUT2D eigenvalue weighted by atomic mass is 10.1. The number of carbonyl (C=O) groups is 2. The molecule has 1 atom stereocenters. The van der Waals surface area contributed by atoms with Crippen LogP contribution in [0.1, 0.15) is 29.3 Å². The molecule has 98 valence electrons. The number of hydrogen-bond acceptors (Lipinski definition) is 3. The molecule has 0 bridgehead atoms. The molecule has 1 rings (SSSR count). The zero-order valence-electron chi connectivity index (χ0n) is 10.5. The van der Waals surface area contributed by atoms with Crippen molar-refractivity contribution >= 4 is 11.8 Å². The normalized spacial score (nSPS) is 11.9. The van der Waals surface area contributed by atoms with Gasteiger partial charge in [0.15, 0.2) is 0 Å². The zero-order chi connectivity index (χ0) is 13.5. The Labute approximate surface area is 107 Å². The van der Waals surface area contributed by atoms with Crippen molar-refractivity contribution in [1.29, 1.82) is 0 Å². The van der Waals surface area contributed by atoms with E-state index in [1.54, 1.807) is 18.2 Å². The van der Waals surface area contributed by atoms with Crippen LogP contribution >= 0.6 is 0 Å². The predicted molar refractivity (Wildman–Crippen MR) is 69.9 cm³/mol. The molecular formula is C13H19N3O2. The third kappa shape index (κ3) is 4.18. The summed E-state index contributed by atoms with van der Waals surface area (Å²) in [5, 5.41) is 2.75. The fraction of sp³-hybridized carbons (Fsp3) is 0.385. The van der Waals surface area contributed by atoms with Crippen LogP contribution in [0.3, 0.4) is 0 Å². The highest BCUT2D eigenvalue weighted by molar-refractivity contribution is 5.92. The summed E-state index contributed by atoms with van der Waals surface area (Å²) in [6.45, 7) is 2.36. The van der Waals surface area contributed by atoms with Gasteiger partial charge in [-0.2, -0.15) is 0 Å². The van der Waals surface area contributed by atoms with Gasteiger partial charge in [-0.05, 0) is 30.5 Å². The van der Waals surface area contributed by atoms with E-state index in [0.29, 0.717) is 24.9 Å². The first-order chi connectivity index (χ1) is 8.54. The molecule has 0 aliphatic heterocycles. The molecule has 5 heteroatoms. The maximum Gasteiger partial charge on any atom is 0.248 e. The third-order valence-corrected chi connectivity index (χ3v) is 2.70. The maximum absolute atomic E-state index is 11.4. The molecule has 0 radical (unpaired) electrons. The molecule has 0 aliphatic carbocycles. The minimum absolute atomic E-state index is 0.149. The molecular weight excluding hydrogens is 230 g/mol. The summed E-state index contributed by atoms with van der Waals surface area (Å²) >= 11 is 0. The van der Waals surface area contributed by atoms with E-state index in [9.17, 15) is 9.59 Å². The van der Waals surface area contributed by atoms with Crippen molar-refractivity contribution in [3.8, 4) is 0 Å². The summed E-state index contributed by atoms with van der Waals surface area (Å²) in [6.07, 6.45) is 1.26. The van der Waals surface area contributed by atoms with Crippen molar-refractivity contribution in [2.45, 2.75) is 25.8 Å². The summed E-state index contributed by atoms with van der Waals surface area (Å²) in [4.78, 5) is 22.4. The van der Waals surface area contributed by atoms with E-state index in [2.05, 4.69) is 5.32 Å². The molecule has 0 saturated heterocycles. The summed E-state index contributed by atoms with van der Waals surface area (Å²) in [5.41, 5.74) is 12.2. The van der Waals surface area contributed by atoms with Crippen LogP contribution in [0, 0.1) is 0 Å².